The molecule has 2 rings (SSSR count). The molecule has 1 saturated heterocycles. The fourth-order valence-electron chi connectivity index (χ4n) is 1.48. The summed E-state index contributed by atoms with van der Waals surface area (Å²) in [6, 6.07) is 4.78. The van der Waals surface area contributed by atoms with Crippen molar-refractivity contribution in [2.24, 2.45) is 0 Å². The van der Waals surface area contributed by atoms with Crippen LogP contribution in [0.25, 0.3) is 6.08 Å². The number of phenolic OH excluding ortho intramolecular Hbond substituents is 1. The summed E-state index contributed by atoms with van der Waals surface area (Å²) in [6.45, 7) is 0. The normalized spacial score (nSPS) is 17.8. The Morgan fingerprint density at radius 3 is 2.82 bits per heavy atom. The largest absolute Gasteiger partial charge is 0.508 e. The van der Waals surface area contributed by atoms with Crippen molar-refractivity contribution in [3.05, 3.63) is 33.9 Å². The van der Waals surface area contributed by atoms with Gasteiger partial charge in [-0.15, -0.1) is 0 Å². The first-order valence-corrected chi connectivity index (χ1v) is 5.62. The second-order valence-corrected chi connectivity index (χ2v) is 4.45. The molecule has 0 bridgehead atoms. The zero-order valence-corrected chi connectivity index (χ0v) is 10.6. The lowest BCUT2D eigenvalue weighted by atomic mass is 10.2. The lowest BCUT2D eigenvalue weighted by molar-refractivity contribution is -0.115. The zero-order chi connectivity index (χ0) is 12.6. The standard InChI is InChI=1S/C11H10BrN3O2/c1-15-9(10(17)14-11(15)13)5-6-4-7(16)2-3-8(6)12/h2-5,16H,1H3,(H2,13,14,17)/b9-5+. The summed E-state index contributed by atoms with van der Waals surface area (Å²) < 4.78 is 0.766. The topological polar surface area (TPSA) is 76.4 Å². The van der Waals surface area contributed by atoms with Crippen LogP contribution < -0.4 is 5.32 Å². The molecular formula is C11H10BrN3O2. The molecule has 1 aliphatic heterocycles. The van der Waals surface area contributed by atoms with Gasteiger partial charge in [0.05, 0.1) is 0 Å². The maximum absolute atomic E-state index is 11.6. The summed E-state index contributed by atoms with van der Waals surface area (Å²) in [7, 11) is 1.63. The van der Waals surface area contributed by atoms with Crippen molar-refractivity contribution in [3.8, 4) is 5.75 Å². The Bertz CT molecular complexity index is 540. The number of hydrogen-bond acceptors (Lipinski definition) is 3. The molecule has 1 aliphatic rings. The first-order valence-electron chi connectivity index (χ1n) is 4.83. The van der Waals surface area contributed by atoms with Crippen LogP contribution in [0.3, 0.4) is 0 Å². The van der Waals surface area contributed by atoms with E-state index < -0.39 is 0 Å². The van der Waals surface area contributed by atoms with Crippen LogP contribution in [0, 0.1) is 5.41 Å². The Hall–Kier alpha value is -1.82. The molecule has 1 amide bonds. The molecule has 0 aliphatic carbocycles. The van der Waals surface area contributed by atoms with Crippen LogP contribution in [0.1, 0.15) is 5.56 Å². The molecule has 1 aromatic carbocycles. The van der Waals surface area contributed by atoms with Crippen molar-refractivity contribution in [1.82, 2.24) is 10.2 Å². The summed E-state index contributed by atoms with van der Waals surface area (Å²) in [4.78, 5) is 13.0. The highest BCUT2D eigenvalue weighted by Crippen LogP contribution is 2.25. The maximum atomic E-state index is 11.6. The number of rotatable bonds is 1. The van der Waals surface area contributed by atoms with E-state index in [-0.39, 0.29) is 17.6 Å². The average Bonchev–Trinajstić information content (AvgIpc) is 2.50. The number of hydrogen-bond donors (Lipinski definition) is 3. The van der Waals surface area contributed by atoms with Gasteiger partial charge < -0.3 is 10.0 Å². The summed E-state index contributed by atoms with van der Waals surface area (Å²) >= 11 is 3.33. The van der Waals surface area contributed by atoms with Crippen molar-refractivity contribution in [3.63, 3.8) is 0 Å². The van der Waals surface area contributed by atoms with E-state index in [0.29, 0.717) is 11.3 Å². The van der Waals surface area contributed by atoms with Gasteiger partial charge in [0.15, 0.2) is 0 Å². The number of benzene rings is 1. The fourth-order valence-corrected chi connectivity index (χ4v) is 1.84. The molecular weight excluding hydrogens is 286 g/mol. The van der Waals surface area contributed by atoms with Crippen LogP contribution in [-0.2, 0) is 4.79 Å². The minimum absolute atomic E-state index is 0.0394. The number of guanidine groups is 1. The molecule has 1 fully saturated rings. The molecule has 0 radical (unpaired) electrons. The Labute approximate surface area is 106 Å². The van der Waals surface area contributed by atoms with E-state index in [2.05, 4.69) is 21.2 Å². The van der Waals surface area contributed by atoms with Gasteiger partial charge in [0.2, 0.25) is 5.96 Å². The Morgan fingerprint density at radius 2 is 2.24 bits per heavy atom. The summed E-state index contributed by atoms with van der Waals surface area (Å²) in [6.07, 6.45) is 1.61. The second-order valence-electron chi connectivity index (χ2n) is 3.60. The molecule has 5 nitrogen and oxygen atoms in total. The minimum atomic E-state index is -0.326. The molecule has 17 heavy (non-hydrogen) atoms. The highest BCUT2D eigenvalue weighted by molar-refractivity contribution is 9.10. The third-order valence-corrected chi connectivity index (χ3v) is 3.16. The van der Waals surface area contributed by atoms with Gasteiger partial charge in [-0.25, -0.2) is 0 Å². The number of phenols is 1. The van der Waals surface area contributed by atoms with Crippen LogP contribution in [0.2, 0.25) is 0 Å². The van der Waals surface area contributed by atoms with Crippen LogP contribution in [0.5, 0.6) is 5.75 Å². The van der Waals surface area contributed by atoms with E-state index in [1.807, 2.05) is 0 Å². The first kappa shape index (κ1) is 11.7. The number of aromatic hydroxyl groups is 1. The molecule has 0 spiro atoms. The van der Waals surface area contributed by atoms with Crippen molar-refractivity contribution in [2.75, 3.05) is 7.05 Å². The summed E-state index contributed by atoms with van der Waals surface area (Å²) in [5.74, 6) is -0.165. The first-order chi connectivity index (χ1) is 7.99. The van der Waals surface area contributed by atoms with E-state index >= 15 is 0 Å². The predicted molar refractivity (Wildman–Crippen MR) is 67.4 cm³/mol. The fraction of sp³-hybridized carbons (Fsp3) is 0.0909. The maximum Gasteiger partial charge on any atom is 0.274 e. The highest BCUT2D eigenvalue weighted by Gasteiger charge is 2.26. The number of carbonyl (C=O) groups is 1. The molecule has 3 N–H and O–H groups in total. The Kier molecular flexibility index (Phi) is 2.89. The molecule has 6 heteroatoms. The van der Waals surface area contributed by atoms with Gasteiger partial charge in [-0.3, -0.25) is 15.5 Å². The minimum Gasteiger partial charge on any atom is -0.508 e. The number of nitrogens with one attached hydrogen (secondary N) is 2. The van der Waals surface area contributed by atoms with E-state index in [1.165, 1.54) is 4.90 Å². The van der Waals surface area contributed by atoms with Crippen LogP contribution >= 0.6 is 15.9 Å². The van der Waals surface area contributed by atoms with E-state index in [4.69, 9.17) is 5.41 Å². The van der Waals surface area contributed by atoms with Gasteiger partial charge in [0, 0.05) is 11.5 Å². The van der Waals surface area contributed by atoms with E-state index in [0.717, 1.165) is 4.47 Å². The monoisotopic (exact) mass is 295 g/mol. The number of carbonyl (C=O) groups excluding carboxylic acids is 1. The third kappa shape index (κ3) is 2.16. The summed E-state index contributed by atoms with van der Waals surface area (Å²) in [5.41, 5.74) is 1.04. The smallest absolute Gasteiger partial charge is 0.274 e. The van der Waals surface area contributed by atoms with Gasteiger partial charge >= 0.3 is 0 Å². The quantitative estimate of drug-likeness (QED) is 0.687. The van der Waals surface area contributed by atoms with Crippen molar-refractivity contribution >= 4 is 33.9 Å². The molecule has 0 aromatic heterocycles. The molecule has 1 heterocycles. The second kappa shape index (κ2) is 4.21. The Balaban J connectivity index is 2.45. The van der Waals surface area contributed by atoms with Gasteiger partial charge in [0.1, 0.15) is 11.4 Å². The lowest BCUT2D eigenvalue weighted by Crippen LogP contribution is -2.25. The van der Waals surface area contributed by atoms with Gasteiger partial charge in [-0.2, -0.15) is 0 Å². The Morgan fingerprint density at radius 1 is 1.53 bits per heavy atom. The van der Waals surface area contributed by atoms with Crippen molar-refractivity contribution < 1.29 is 9.90 Å². The summed E-state index contributed by atoms with van der Waals surface area (Å²) in [5, 5.41) is 19.3. The molecule has 1 aromatic rings. The SMILES string of the molecule is CN1C(=N)NC(=O)/C1=C\c1cc(O)ccc1Br. The average molecular weight is 296 g/mol. The van der Waals surface area contributed by atoms with Gasteiger partial charge in [0.25, 0.3) is 5.91 Å². The number of halogens is 1. The number of likely N-dealkylation sites (N-methyl/N-ethyl adjacent to an activating group) is 1. The lowest BCUT2D eigenvalue weighted by Gasteiger charge is -2.09. The van der Waals surface area contributed by atoms with Gasteiger partial charge in [-0.1, -0.05) is 15.9 Å². The van der Waals surface area contributed by atoms with Crippen LogP contribution in [-0.4, -0.2) is 28.9 Å². The van der Waals surface area contributed by atoms with Crippen LogP contribution in [0.4, 0.5) is 0 Å². The van der Waals surface area contributed by atoms with Crippen molar-refractivity contribution in [2.45, 2.75) is 0 Å². The zero-order valence-electron chi connectivity index (χ0n) is 8.99. The number of nitrogens with zero attached hydrogens (tertiary/aromatic N) is 1. The number of amides is 1. The molecule has 0 atom stereocenters. The van der Waals surface area contributed by atoms with Crippen molar-refractivity contribution in [1.29, 1.82) is 5.41 Å². The third-order valence-electron chi connectivity index (χ3n) is 2.43. The molecule has 88 valence electrons. The van der Waals surface area contributed by atoms with Gasteiger partial charge in [-0.05, 0) is 29.8 Å². The van der Waals surface area contributed by atoms with Crippen LogP contribution in [0.15, 0.2) is 28.4 Å². The highest BCUT2D eigenvalue weighted by atomic mass is 79.9. The van der Waals surface area contributed by atoms with E-state index in [9.17, 15) is 9.90 Å². The van der Waals surface area contributed by atoms with E-state index in [1.54, 1.807) is 31.3 Å². The molecule has 0 unspecified atom stereocenters. The predicted octanol–water partition coefficient (Wildman–Crippen LogP) is 1.49. The molecule has 0 saturated carbocycles.